The Hall–Kier alpha value is -2.26. The molecule has 32 heavy (non-hydrogen) atoms. The fourth-order valence-corrected chi connectivity index (χ4v) is 5.37. The number of nitrogens with zero attached hydrogens (tertiary/aromatic N) is 2. The predicted octanol–water partition coefficient (Wildman–Crippen LogP) is 1.10. The molecule has 1 unspecified atom stereocenters. The van der Waals surface area contributed by atoms with Gasteiger partial charge in [0.05, 0.1) is 41.4 Å². The molecule has 0 spiro atoms. The molecule has 2 aliphatic rings. The molecule has 170 valence electrons. The van der Waals surface area contributed by atoms with Gasteiger partial charge in [-0.2, -0.15) is 0 Å². The number of halogens is 1. The van der Waals surface area contributed by atoms with Crippen LogP contribution in [0.2, 0.25) is 5.02 Å². The first-order valence-electron chi connectivity index (χ1n) is 10.7. The van der Waals surface area contributed by atoms with Gasteiger partial charge in [0.2, 0.25) is 11.7 Å². The van der Waals surface area contributed by atoms with Crippen molar-refractivity contribution in [2.24, 2.45) is 0 Å². The van der Waals surface area contributed by atoms with Crippen LogP contribution in [-0.4, -0.2) is 61.0 Å². The molecule has 2 aliphatic heterocycles. The molecule has 7 nitrogen and oxygen atoms in total. The maximum atomic E-state index is 13.4. The minimum absolute atomic E-state index is 0.00259. The van der Waals surface area contributed by atoms with Crippen LogP contribution in [0.3, 0.4) is 0 Å². The van der Waals surface area contributed by atoms with E-state index in [9.17, 15) is 14.7 Å². The third-order valence-electron chi connectivity index (χ3n) is 5.95. The minimum atomic E-state index is -0.723. The lowest BCUT2D eigenvalue weighted by Gasteiger charge is -2.29. The van der Waals surface area contributed by atoms with Crippen LogP contribution in [0.15, 0.2) is 35.6 Å². The van der Waals surface area contributed by atoms with Crippen LogP contribution in [0.4, 0.5) is 0 Å². The fourth-order valence-electron chi connectivity index (χ4n) is 4.37. The highest BCUT2D eigenvalue weighted by molar-refractivity contribution is 7.14. The van der Waals surface area contributed by atoms with E-state index in [1.165, 1.54) is 16.2 Å². The third kappa shape index (κ3) is 4.59. The standard InChI is InChI=1S/C23H26ClN3O4S/c1-14-22(32-15(2)25-14)20(28)18-19(16-4-6-17(24)7-5-16)27(23(30)21(18)29)9-3-8-26-10-12-31-13-11-26/h4-7,19,29H,3,8-13H2,1-2H3. The molecule has 0 saturated carbocycles. The molecule has 1 atom stereocenters. The van der Waals surface area contributed by atoms with Gasteiger partial charge < -0.3 is 19.6 Å². The van der Waals surface area contributed by atoms with Gasteiger partial charge in [-0.25, -0.2) is 4.98 Å². The predicted molar refractivity (Wildman–Crippen MR) is 120 cm³/mol. The summed E-state index contributed by atoms with van der Waals surface area (Å²) in [5.41, 5.74) is 1.28. The summed E-state index contributed by atoms with van der Waals surface area (Å²) in [7, 11) is 0. The number of thiazole rings is 1. The zero-order chi connectivity index (χ0) is 22.8. The Bertz CT molecular complexity index is 1040. The molecule has 1 fully saturated rings. The van der Waals surface area contributed by atoms with Crippen LogP contribution in [0, 0.1) is 13.8 Å². The van der Waals surface area contributed by atoms with Crippen LogP contribution < -0.4 is 10.0 Å². The van der Waals surface area contributed by atoms with Crippen molar-refractivity contribution >= 4 is 34.6 Å². The van der Waals surface area contributed by atoms with Gasteiger partial charge in [0.25, 0.3) is 0 Å². The monoisotopic (exact) mass is 475 g/mol. The van der Waals surface area contributed by atoms with Crippen molar-refractivity contribution in [1.29, 1.82) is 0 Å². The van der Waals surface area contributed by atoms with E-state index in [1.807, 2.05) is 6.92 Å². The zero-order valence-corrected chi connectivity index (χ0v) is 19.7. The molecule has 9 heteroatoms. The Kier molecular flexibility index (Phi) is 6.95. The quantitative estimate of drug-likeness (QED) is 0.606. The number of quaternary nitrogens is 1. The molecule has 1 amide bonds. The number of morpholine rings is 1. The van der Waals surface area contributed by atoms with Crippen LogP contribution >= 0.6 is 22.9 Å². The number of benzene rings is 1. The lowest BCUT2D eigenvalue weighted by Crippen LogP contribution is -3.14. The number of hydrogen-bond donors (Lipinski definition) is 1. The number of aromatic nitrogens is 1. The number of ether oxygens (including phenoxy) is 1. The number of ketones is 1. The summed E-state index contributed by atoms with van der Waals surface area (Å²) >= 11 is 7.31. The molecule has 0 aliphatic carbocycles. The summed E-state index contributed by atoms with van der Waals surface area (Å²) in [5, 5.41) is 14.3. The fraction of sp³-hybridized carbons (Fsp3) is 0.435. The summed E-state index contributed by atoms with van der Waals surface area (Å²) in [6, 6.07) is 6.25. The molecule has 2 aromatic rings. The summed E-state index contributed by atoms with van der Waals surface area (Å²) in [5.74, 6) is -1.75. The van der Waals surface area contributed by atoms with Gasteiger partial charge >= 0.3 is 0 Å². The van der Waals surface area contributed by atoms with Gasteiger partial charge in [0.15, 0.2) is 0 Å². The van der Waals surface area contributed by atoms with E-state index in [0.717, 1.165) is 44.3 Å². The summed E-state index contributed by atoms with van der Waals surface area (Å²) in [4.78, 5) is 34.2. The normalized spacial score (nSPS) is 19.8. The number of aryl methyl sites for hydroxylation is 2. The van der Waals surface area contributed by atoms with Crippen molar-refractivity contribution in [3.05, 3.63) is 61.8 Å². The lowest BCUT2D eigenvalue weighted by molar-refractivity contribution is -0.908. The summed E-state index contributed by atoms with van der Waals surface area (Å²) in [6.45, 7) is 8.20. The summed E-state index contributed by atoms with van der Waals surface area (Å²) < 4.78 is 5.40. The maximum absolute atomic E-state index is 13.4. The van der Waals surface area contributed by atoms with Crippen LogP contribution in [0.25, 0.3) is 0 Å². The van der Waals surface area contributed by atoms with Crippen molar-refractivity contribution in [3.63, 3.8) is 0 Å². The highest BCUT2D eigenvalue weighted by Crippen LogP contribution is 2.39. The van der Waals surface area contributed by atoms with Crippen molar-refractivity contribution in [2.45, 2.75) is 26.3 Å². The summed E-state index contributed by atoms with van der Waals surface area (Å²) in [6.07, 6.45) is 0.735. The number of nitrogens with one attached hydrogen (secondary N) is 1. The zero-order valence-electron chi connectivity index (χ0n) is 18.2. The number of rotatable bonds is 7. The Balaban J connectivity index is 1.63. The largest absolute Gasteiger partial charge is 0.868 e. The average Bonchev–Trinajstić information content (AvgIpc) is 3.25. The van der Waals surface area contributed by atoms with Crippen molar-refractivity contribution < 1.29 is 24.3 Å². The number of carbonyl (C=O) groups is 2. The van der Waals surface area contributed by atoms with Crippen LogP contribution in [0.1, 0.15) is 38.4 Å². The molecule has 3 heterocycles. The third-order valence-corrected chi connectivity index (χ3v) is 7.28. The molecular weight excluding hydrogens is 450 g/mol. The number of amides is 1. The highest BCUT2D eigenvalue weighted by Gasteiger charge is 2.40. The van der Waals surface area contributed by atoms with Crippen molar-refractivity contribution in [2.75, 3.05) is 39.4 Å². The molecule has 1 N–H and O–H groups in total. The second kappa shape index (κ2) is 9.70. The Morgan fingerprint density at radius 1 is 1.28 bits per heavy atom. The highest BCUT2D eigenvalue weighted by atomic mass is 35.5. The number of carbonyl (C=O) groups excluding carboxylic acids is 2. The average molecular weight is 476 g/mol. The number of hydrogen-bond acceptors (Lipinski definition) is 6. The molecule has 1 aromatic carbocycles. The van der Waals surface area contributed by atoms with Crippen molar-refractivity contribution in [3.8, 4) is 0 Å². The smallest absolute Gasteiger partial charge is 0.239 e. The van der Waals surface area contributed by atoms with Crippen LogP contribution in [0.5, 0.6) is 0 Å². The molecule has 0 bridgehead atoms. The first kappa shape index (κ1) is 22.9. The van der Waals surface area contributed by atoms with Gasteiger partial charge in [-0.15, -0.1) is 11.3 Å². The van der Waals surface area contributed by atoms with Gasteiger partial charge in [-0.3, -0.25) is 9.59 Å². The topological polar surface area (TPSA) is 87.0 Å². The van der Waals surface area contributed by atoms with E-state index in [-0.39, 0.29) is 5.57 Å². The molecule has 4 rings (SSSR count). The van der Waals surface area contributed by atoms with E-state index >= 15 is 0 Å². The Morgan fingerprint density at radius 3 is 2.59 bits per heavy atom. The van der Waals surface area contributed by atoms with E-state index in [1.54, 1.807) is 36.1 Å². The Morgan fingerprint density at radius 2 is 1.97 bits per heavy atom. The number of Topliss-reactive ketones (excluding diaryl/α,β-unsaturated/α-hetero) is 1. The lowest BCUT2D eigenvalue weighted by atomic mass is 9.95. The molecule has 1 aromatic heterocycles. The van der Waals surface area contributed by atoms with E-state index in [0.29, 0.717) is 27.7 Å². The van der Waals surface area contributed by atoms with Gasteiger partial charge in [-0.1, -0.05) is 23.7 Å². The first-order valence-corrected chi connectivity index (χ1v) is 11.9. The van der Waals surface area contributed by atoms with Gasteiger partial charge in [0, 0.05) is 23.6 Å². The van der Waals surface area contributed by atoms with E-state index < -0.39 is 23.5 Å². The van der Waals surface area contributed by atoms with Gasteiger partial charge in [0.1, 0.15) is 13.1 Å². The molecule has 0 radical (unpaired) electrons. The first-order chi connectivity index (χ1) is 15.4. The molecule has 1 saturated heterocycles. The molecular formula is C23H26ClN3O4S. The second-order valence-corrected chi connectivity index (χ2v) is 9.78. The van der Waals surface area contributed by atoms with Gasteiger partial charge in [-0.05, 0) is 37.3 Å². The Labute approximate surface area is 196 Å². The minimum Gasteiger partial charge on any atom is -0.868 e. The van der Waals surface area contributed by atoms with Crippen molar-refractivity contribution in [1.82, 2.24) is 9.88 Å². The van der Waals surface area contributed by atoms with E-state index in [4.69, 9.17) is 16.3 Å². The maximum Gasteiger partial charge on any atom is 0.239 e. The van der Waals surface area contributed by atoms with Crippen LogP contribution in [-0.2, 0) is 9.53 Å². The SMILES string of the molecule is Cc1nc(C)c(C(=O)C2=C([O-])C(=O)N(CCC[NH+]3CCOCC3)C2c2ccc(Cl)cc2)s1. The second-order valence-electron chi connectivity index (χ2n) is 8.14. The van der Waals surface area contributed by atoms with E-state index in [2.05, 4.69) is 4.98 Å².